The first kappa shape index (κ1) is 11.8. The van der Waals surface area contributed by atoms with Crippen LogP contribution in [0.4, 0.5) is 0 Å². The summed E-state index contributed by atoms with van der Waals surface area (Å²) in [6.45, 7) is 2.08. The van der Waals surface area contributed by atoms with E-state index in [-0.39, 0.29) is 5.91 Å². The van der Waals surface area contributed by atoms with Crippen molar-refractivity contribution in [2.75, 3.05) is 20.1 Å². The zero-order valence-electron chi connectivity index (χ0n) is 10.9. The second-order valence-corrected chi connectivity index (χ2v) is 5.48. The van der Waals surface area contributed by atoms with Crippen molar-refractivity contribution in [2.45, 2.75) is 37.8 Å². The van der Waals surface area contributed by atoms with E-state index in [1.54, 1.807) is 0 Å². The number of nitrogens with one attached hydrogen (secondary N) is 1. The fourth-order valence-corrected chi connectivity index (χ4v) is 3.48. The topological polar surface area (TPSA) is 39.3 Å². The smallest absolute Gasteiger partial charge is 0.270 e. The minimum atomic E-state index is 0.169. The SMILES string of the molecule is CN1CCC[C@@H]1[C@H]1CCCN1C(=O)c1ccc[nH]1. The van der Waals surface area contributed by atoms with Crippen molar-refractivity contribution in [3.63, 3.8) is 0 Å². The van der Waals surface area contributed by atoms with Crippen molar-refractivity contribution in [3.8, 4) is 0 Å². The summed E-state index contributed by atoms with van der Waals surface area (Å²) in [7, 11) is 2.19. The van der Waals surface area contributed by atoms with Gasteiger partial charge >= 0.3 is 0 Å². The molecule has 0 aromatic carbocycles. The molecule has 0 aliphatic carbocycles. The van der Waals surface area contributed by atoms with Gasteiger partial charge in [0.05, 0.1) is 0 Å². The molecule has 18 heavy (non-hydrogen) atoms. The molecule has 0 unspecified atom stereocenters. The summed E-state index contributed by atoms with van der Waals surface area (Å²) in [6, 6.07) is 4.73. The minimum Gasteiger partial charge on any atom is -0.357 e. The first-order valence-electron chi connectivity index (χ1n) is 6.92. The third-order valence-electron chi connectivity index (χ3n) is 4.41. The Bertz CT molecular complexity index is 415. The van der Waals surface area contributed by atoms with Gasteiger partial charge in [0.15, 0.2) is 0 Å². The Hall–Kier alpha value is -1.29. The summed E-state index contributed by atoms with van der Waals surface area (Å²) in [6.07, 6.45) is 6.61. The van der Waals surface area contributed by atoms with E-state index >= 15 is 0 Å². The maximum atomic E-state index is 12.5. The van der Waals surface area contributed by atoms with Gasteiger partial charge in [0, 0.05) is 24.8 Å². The van der Waals surface area contributed by atoms with Gasteiger partial charge in [-0.3, -0.25) is 4.79 Å². The highest BCUT2D eigenvalue weighted by molar-refractivity contribution is 5.92. The molecular formula is C14H21N3O. The molecule has 1 N–H and O–H groups in total. The number of likely N-dealkylation sites (tertiary alicyclic amines) is 2. The molecule has 3 heterocycles. The molecule has 0 spiro atoms. The van der Waals surface area contributed by atoms with E-state index in [2.05, 4.69) is 21.8 Å². The van der Waals surface area contributed by atoms with E-state index in [1.807, 2.05) is 18.3 Å². The number of hydrogen-bond donors (Lipinski definition) is 1. The molecule has 0 bridgehead atoms. The van der Waals surface area contributed by atoms with Crippen LogP contribution in [0.25, 0.3) is 0 Å². The van der Waals surface area contributed by atoms with E-state index < -0.39 is 0 Å². The molecule has 98 valence electrons. The third-order valence-corrected chi connectivity index (χ3v) is 4.41. The molecule has 4 nitrogen and oxygen atoms in total. The quantitative estimate of drug-likeness (QED) is 0.864. The van der Waals surface area contributed by atoms with Gasteiger partial charge in [-0.05, 0) is 51.4 Å². The Labute approximate surface area is 108 Å². The number of aromatic nitrogens is 1. The number of hydrogen-bond acceptors (Lipinski definition) is 2. The summed E-state index contributed by atoms with van der Waals surface area (Å²) in [5, 5.41) is 0. The second-order valence-electron chi connectivity index (χ2n) is 5.48. The Morgan fingerprint density at radius 3 is 2.72 bits per heavy atom. The zero-order valence-corrected chi connectivity index (χ0v) is 10.9. The van der Waals surface area contributed by atoms with Gasteiger partial charge in [-0.2, -0.15) is 0 Å². The van der Waals surface area contributed by atoms with Gasteiger partial charge in [0.2, 0.25) is 0 Å². The molecule has 2 aliphatic heterocycles. The largest absolute Gasteiger partial charge is 0.357 e. The van der Waals surface area contributed by atoms with E-state index in [1.165, 1.54) is 19.4 Å². The fourth-order valence-electron chi connectivity index (χ4n) is 3.48. The van der Waals surface area contributed by atoms with Crippen molar-refractivity contribution in [3.05, 3.63) is 24.0 Å². The highest BCUT2D eigenvalue weighted by Crippen LogP contribution is 2.29. The molecule has 3 rings (SSSR count). The Morgan fingerprint density at radius 1 is 1.28 bits per heavy atom. The molecule has 0 saturated carbocycles. The maximum absolute atomic E-state index is 12.5. The normalized spacial score (nSPS) is 29.1. The highest BCUT2D eigenvalue weighted by atomic mass is 16.2. The highest BCUT2D eigenvalue weighted by Gasteiger charge is 2.38. The van der Waals surface area contributed by atoms with E-state index in [9.17, 15) is 4.79 Å². The van der Waals surface area contributed by atoms with Crippen molar-refractivity contribution < 1.29 is 4.79 Å². The van der Waals surface area contributed by atoms with Gasteiger partial charge in [-0.15, -0.1) is 0 Å². The molecule has 1 aromatic rings. The number of likely N-dealkylation sites (N-methyl/N-ethyl adjacent to an activating group) is 1. The lowest BCUT2D eigenvalue weighted by atomic mass is 10.0. The number of H-pyrrole nitrogens is 1. The molecular weight excluding hydrogens is 226 g/mol. The number of rotatable bonds is 2. The summed E-state index contributed by atoms with van der Waals surface area (Å²) < 4.78 is 0. The maximum Gasteiger partial charge on any atom is 0.270 e. The Kier molecular flexibility index (Phi) is 3.12. The van der Waals surface area contributed by atoms with Crippen molar-refractivity contribution in [1.82, 2.24) is 14.8 Å². The standard InChI is InChI=1S/C14H21N3O/c1-16-9-3-6-12(16)13-7-4-10-17(13)14(18)11-5-2-8-15-11/h2,5,8,12-13,15H,3-4,6-7,9-10H2,1H3/t12-,13-/m1/s1. The number of nitrogens with zero attached hydrogens (tertiary/aromatic N) is 2. The minimum absolute atomic E-state index is 0.169. The molecule has 2 fully saturated rings. The van der Waals surface area contributed by atoms with Gasteiger partial charge in [0.1, 0.15) is 5.69 Å². The monoisotopic (exact) mass is 247 g/mol. The molecule has 0 radical (unpaired) electrons. The average Bonchev–Trinajstić information content (AvgIpc) is 3.09. The number of carbonyl (C=O) groups is 1. The van der Waals surface area contributed by atoms with Crippen LogP contribution in [0.2, 0.25) is 0 Å². The predicted molar refractivity (Wildman–Crippen MR) is 70.5 cm³/mol. The summed E-state index contributed by atoms with van der Waals surface area (Å²) in [4.78, 5) is 20.0. The first-order chi connectivity index (χ1) is 8.77. The number of aromatic amines is 1. The second kappa shape index (κ2) is 4.76. The van der Waals surface area contributed by atoms with Crippen LogP contribution in [0.15, 0.2) is 18.3 Å². The first-order valence-corrected chi connectivity index (χ1v) is 6.92. The lowest BCUT2D eigenvalue weighted by molar-refractivity contribution is 0.0659. The summed E-state index contributed by atoms with van der Waals surface area (Å²) in [5.74, 6) is 0.169. The van der Waals surface area contributed by atoms with Crippen molar-refractivity contribution in [1.29, 1.82) is 0 Å². The van der Waals surface area contributed by atoms with Gasteiger partial charge in [-0.1, -0.05) is 0 Å². The molecule has 2 atom stereocenters. The fraction of sp³-hybridized carbons (Fsp3) is 0.643. The van der Waals surface area contributed by atoms with Crippen LogP contribution in [0.3, 0.4) is 0 Å². The van der Waals surface area contributed by atoms with Crippen LogP contribution in [0.5, 0.6) is 0 Å². The number of carbonyl (C=O) groups excluding carboxylic acids is 1. The van der Waals surface area contributed by atoms with Crippen molar-refractivity contribution in [2.24, 2.45) is 0 Å². The van der Waals surface area contributed by atoms with Crippen LogP contribution in [0, 0.1) is 0 Å². The Morgan fingerprint density at radius 2 is 2.06 bits per heavy atom. The molecule has 2 aliphatic rings. The van der Waals surface area contributed by atoms with Gasteiger partial charge < -0.3 is 14.8 Å². The van der Waals surface area contributed by atoms with Gasteiger partial charge in [0.25, 0.3) is 5.91 Å². The third kappa shape index (κ3) is 1.94. The van der Waals surface area contributed by atoms with E-state index in [4.69, 9.17) is 0 Å². The average molecular weight is 247 g/mol. The van der Waals surface area contributed by atoms with Crippen molar-refractivity contribution >= 4 is 5.91 Å². The van der Waals surface area contributed by atoms with E-state index in [0.29, 0.717) is 12.1 Å². The summed E-state index contributed by atoms with van der Waals surface area (Å²) in [5.41, 5.74) is 0.725. The molecule has 1 aromatic heterocycles. The number of amides is 1. The van der Waals surface area contributed by atoms with Gasteiger partial charge in [-0.25, -0.2) is 0 Å². The van der Waals surface area contributed by atoms with Crippen LogP contribution < -0.4 is 0 Å². The summed E-state index contributed by atoms with van der Waals surface area (Å²) >= 11 is 0. The Balaban J connectivity index is 1.77. The lowest BCUT2D eigenvalue weighted by Crippen LogP contribution is -2.47. The predicted octanol–water partition coefficient (Wildman–Crippen LogP) is 1.71. The molecule has 2 saturated heterocycles. The molecule has 1 amide bonds. The van der Waals surface area contributed by atoms with Crippen LogP contribution in [-0.4, -0.2) is 52.9 Å². The van der Waals surface area contributed by atoms with Crippen LogP contribution >= 0.6 is 0 Å². The van der Waals surface area contributed by atoms with Crippen LogP contribution in [-0.2, 0) is 0 Å². The zero-order chi connectivity index (χ0) is 12.5. The molecule has 4 heteroatoms. The lowest BCUT2D eigenvalue weighted by Gasteiger charge is -2.33. The van der Waals surface area contributed by atoms with E-state index in [0.717, 1.165) is 25.1 Å². The van der Waals surface area contributed by atoms with Crippen LogP contribution in [0.1, 0.15) is 36.2 Å².